The summed E-state index contributed by atoms with van der Waals surface area (Å²) in [6.07, 6.45) is 1.87. The van der Waals surface area contributed by atoms with Crippen LogP contribution in [0.2, 0.25) is 0 Å². The van der Waals surface area contributed by atoms with Crippen LogP contribution in [-0.4, -0.2) is 25.4 Å². The van der Waals surface area contributed by atoms with Crippen molar-refractivity contribution in [1.82, 2.24) is 4.57 Å². The Kier molecular flexibility index (Phi) is 7.52. The molecule has 6 nitrogen and oxygen atoms in total. The van der Waals surface area contributed by atoms with Gasteiger partial charge in [-0.25, -0.2) is 8.42 Å². The van der Waals surface area contributed by atoms with E-state index in [4.69, 9.17) is 0 Å². The summed E-state index contributed by atoms with van der Waals surface area (Å²) in [5.41, 5.74) is 3.26. The molecule has 1 aromatic heterocycles. The minimum Gasteiger partial charge on any atom is -0.316 e. The lowest BCUT2D eigenvalue weighted by Crippen LogP contribution is -2.30. The Labute approximate surface area is 210 Å². The van der Waals surface area contributed by atoms with E-state index in [1.54, 1.807) is 31.2 Å². The lowest BCUT2D eigenvalue weighted by molar-refractivity contribution is 0.0997. The van der Waals surface area contributed by atoms with Gasteiger partial charge in [0.15, 0.2) is 4.80 Å². The summed E-state index contributed by atoms with van der Waals surface area (Å²) >= 11 is 1.50. The van der Waals surface area contributed by atoms with Crippen molar-refractivity contribution in [3.63, 3.8) is 0 Å². The van der Waals surface area contributed by atoms with Gasteiger partial charge in [0.2, 0.25) is 0 Å². The summed E-state index contributed by atoms with van der Waals surface area (Å²) in [7, 11) is -3.75. The van der Waals surface area contributed by atoms with Crippen LogP contribution in [0.1, 0.15) is 43.1 Å². The van der Waals surface area contributed by atoms with E-state index in [-0.39, 0.29) is 4.90 Å². The Balaban J connectivity index is 1.67. The number of thiazole rings is 1. The van der Waals surface area contributed by atoms with Gasteiger partial charge < -0.3 is 4.57 Å². The van der Waals surface area contributed by atoms with Crippen LogP contribution < -0.4 is 9.11 Å². The van der Waals surface area contributed by atoms with Crippen LogP contribution in [0.3, 0.4) is 0 Å². The summed E-state index contributed by atoms with van der Waals surface area (Å²) < 4.78 is 31.0. The second-order valence-electron chi connectivity index (χ2n) is 8.14. The van der Waals surface area contributed by atoms with Crippen molar-refractivity contribution in [2.24, 2.45) is 4.99 Å². The van der Waals surface area contributed by atoms with Crippen molar-refractivity contribution in [2.45, 2.75) is 45.1 Å². The molecule has 1 amide bonds. The van der Waals surface area contributed by atoms with Crippen molar-refractivity contribution < 1.29 is 13.2 Å². The zero-order chi connectivity index (χ0) is 25.0. The zero-order valence-corrected chi connectivity index (χ0v) is 21.8. The van der Waals surface area contributed by atoms with Gasteiger partial charge in [-0.1, -0.05) is 49.4 Å². The highest BCUT2D eigenvalue weighted by Gasteiger charge is 2.23. The maximum Gasteiger partial charge on any atom is 0.279 e. The van der Waals surface area contributed by atoms with Crippen molar-refractivity contribution in [3.8, 4) is 0 Å². The Bertz CT molecular complexity index is 1500. The van der Waals surface area contributed by atoms with Crippen LogP contribution in [0, 0.1) is 0 Å². The third kappa shape index (κ3) is 5.09. The first-order valence-electron chi connectivity index (χ1n) is 11.8. The van der Waals surface area contributed by atoms with Gasteiger partial charge in [0, 0.05) is 18.7 Å². The molecular weight excluding hydrogens is 478 g/mol. The Morgan fingerprint density at radius 2 is 1.69 bits per heavy atom. The lowest BCUT2D eigenvalue weighted by Gasteiger charge is -2.22. The Morgan fingerprint density at radius 1 is 0.971 bits per heavy atom. The molecule has 4 aromatic rings. The number of aryl methyl sites for hydroxylation is 2. The highest BCUT2D eigenvalue weighted by atomic mass is 32.2. The molecule has 0 radical (unpaired) electrons. The summed E-state index contributed by atoms with van der Waals surface area (Å²) in [5, 5.41) is 0. The van der Waals surface area contributed by atoms with Crippen LogP contribution >= 0.6 is 11.3 Å². The number of anilines is 1. The van der Waals surface area contributed by atoms with Crippen LogP contribution in [-0.2, 0) is 23.0 Å². The average molecular weight is 508 g/mol. The van der Waals surface area contributed by atoms with Gasteiger partial charge in [-0.15, -0.1) is 0 Å². The van der Waals surface area contributed by atoms with E-state index >= 15 is 0 Å². The van der Waals surface area contributed by atoms with Crippen LogP contribution in [0.4, 0.5) is 5.69 Å². The van der Waals surface area contributed by atoms with E-state index in [9.17, 15) is 13.2 Å². The molecule has 0 bridgehead atoms. The first-order chi connectivity index (χ1) is 16.9. The van der Waals surface area contributed by atoms with Gasteiger partial charge in [-0.05, 0) is 73.9 Å². The number of amides is 1. The minimum atomic E-state index is -3.75. The number of aromatic nitrogens is 1. The number of hydrogen-bond donors (Lipinski definition) is 0. The molecule has 4 rings (SSSR count). The molecule has 3 aromatic carbocycles. The third-order valence-corrected chi connectivity index (χ3v) is 8.78. The normalized spacial score (nSPS) is 12.3. The number of nitrogens with zero attached hydrogens (tertiary/aromatic N) is 3. The molecule has 1 heterocycles. The fourth-order valence-electron chi connectivity index (χ4n) is 4.00. The SMILES string of the molecule is CCCn1c(=NC(=O)c2ccc(S(=O)(=O)N(CC)c3ccccc3)cc2)sc2cc(CC)ccc21. The number of benzene rings is 3. The summed E-state index contributed by atoms with van der Waals surface area (Å²) in [6.45, 7) is 7.07. The van der Waals surface area contributed by atoms with Gasteiger partial charge in [-0.2, -0.15) is 4.99 Å². The zero-order valence-electron chi connectivity index (χ0n) is 20.1. The van der Waals surface area contributed by atoms with Crippen LogP contribution in [0.25, 0.3) is 10.2 Å². The Hall–Kier alpha value is -3.23. The molecule has 8 heteroatoms. The topological polar surface area (TPSA) is 71.7 Å². The molecule has 0 saturated carbocycles. The third-order valence-electron chi connectivity index (χ3n) is 5.82. The summed E-state index contributed by atoms with van der Waals surface area (Å²) in [4.78, 5) is 18.2. The van der Waals surface area contributed by atoms with Crippen molar-refractivity contribution in [3.05, 3.63) is 88.7 Å². The molecule has 0 spiro atoms. The van der Waals surface area contributed by atoms with Gasteiger partial charge in [0.05, 0.1) is 20.8 Å². The molecule has 182 valence electrons. The van der Waals surface area contributed by atoms with Gasteiger partial charge in [0.1, 0.15) is 0 Å². The quantitative estimate of drug-likeness (QED) is 0.310. The van der Waals surface area contributed by atoms with E-state index in [0.29, 0.717) is 22.6 Å². The maximum absolute atomic E-state index is 13.2. The van der Waals surface area contributed by atoms with Crippen LogP contribution in [0.5, 0.6) is 0 Å². The van der Waals surface area contributed by atoms with Crippen molar-refractivity contribution in [2.75, 3.05) is 10.8 Å². The maximum atomic E-state index is 13.2. The molecule has 0 atom stereocenters. The highest BCUT2D eigenvalue weighted by molar-refractivity contribution is 7.92. The van der Waals surface area contributed by atoms with E-state index in [0.717, 1.165) is 29.6 Å². The molecule has 0 saturated heterocycles. The standard InChI is InChI=1S/C27H29N3O3S2/c1-4-18-29-24-17-12-20(5-2)19-25(24)34-27(29)28-26(31)21-13-15-23(16-14-21)35(32,33)30(6-3)22-10-8-7-9-11-22/h7-17,19H,4-6,18H2,1-3H3. The average Bonchev–Trinajstić information content (AvgIpc) is 3.21. The molecular formula is C27H29N3O3S2. The molecule has 0 aliphatic carbocycles. The van der Waals surface area contributed by atoms with Crippen molar-refractivity contribution >= 4 is 43.2 Å². The number of carbonyl (C=O) groups is 1. The van der Waals surface area contributed by atoms with Crippen molar-refractivity contribution in [1.29, 1.82) is 0 Å². The van der Waals surface area contributed by atoms with E-state index in [2.05, 4.69) is 41.6 Å². The smallest absolute Gasteiger partial charge is 0.279 e. The number of carbonyl (C=O) groups excluding carboxylic acids is 1. The molecule has 35 heavy (non-hydrogen) atoms. The second kappa shape index (κ2) is 10.6. The molecule has 0 N–H and O–H groups in total. The fourth-order valence-corrected chi connectivity index (χ4v) is 6.59. The van der Waals surface area contributed by atoms with Crippen LogP contribution in [0.15, 0.2) is 82.7 Å². The van der Waals surface area contributed by atoms with E-state index < -0.39 is 15.9 Å². The minimum absolute atomic E-state index is 0.134. The molecule has 0 aliphatic rings. The molecule has 0 fully saturated rings. The Morgan fingerprint density at radius 3 is 2.31 bits per heavy atom. The lowest BCUT2D eigenvalue weighted by atomic mass is 10.2. The highest BCUT2D eigenvalue weighted by Crippen LogP contribution is 2.24. The van der Waals surface area contributed by atoms with E-state index in [1.807, 2.05) is 6.07 Å². The first-order valence-corrected chi connectivity index (χ1v) is 14.0. The van der Waals surface area contributed by atoms with Gasteiger partial charge >= 0.3 is 0 Å². The molecule has 0 unspecified atom stereocenters. The summed E-state index contributed by atoms with van der Waals surface area (Å²) in [6, 6.07) is 21.3. The fraction of sp³-hybridized carbons (Fsp3) is 0.259. The van der Waals surface area contributed by atoms with Gasteiger partial charge in [0.25, 0.3) is 15.9 Å². The van der Waals surface area contributed by atoms with Gasteiger partial charge in [-0.3, -0.25) is 9.10 Å². The number of fused-ring (bicyclic) bond motifs is 1. The predicted molar refractivity (Wildman–Crippen MR) is 142 cm³/mol. The number of sulfonamides is 1. The largest absolute Gasteiger partial charge is 0.316 e. The first kappa shape index (κ1) is 24.9. The van der Waals surface area contributed by atoms with E-state index in [1.165, 1.54) is 45.5 Å². The molecule has 0 aliphatic heterocycles. The number of hydrogen-bond acceptors (Lipinski definition) is 4. The second-order valence-corrected chi connectivity index (χ2v) is 11.0. The summed E-state index contributed by atoms with van der Waals surface area (Å²) in [5.74, 6) is -0.392. The predicted octanol–water partition coefficient (Wildman–Crippen LogP) is 5.63. The number of para-hydroxylation sites is 1. The monoisotopic (exact) mass is 507 g/mol. The number of rotatable bonds is 8.